The molecule has 2 amide bonds. The maximum Gasteiger partial charge on any atom is 0.309 e. The Morgan fingerprint density at radius 1 is 1.32 bits per heavy atom. The summed E-state index contributed by atoms with van der Waals surface area (Å²) >= 11 is 0. The van der Waals surface area contributed by atoms with Gasteiger partial charge in [-0.1, -0.05) is 18.2 Å². The van der Waals surface area contributed by atoms with Gasteiger partial charge in [0.15, 0.2) is 0 Å². The normalized spacial score (nSPS) is 18.4. The van der Waals surface area contributed by atoms with Gasteiger partial charge >= 0.3 is 5.97 Å². The van der Waals surface area contributed by atoms with Gasteiger partial charge < -0.3 is 15.3 Å². The molecule has 118 valence electrons. The van der Waals surface area contributed by atoms with Crippen LogP contribution in [0.5, 0.6) is 0 Å². The SMILES string of the molecule is CC(C)(CC(=O)NC1CC(=O)N(c2ccccc2)C1)C(=O)O. The third-order valence-electron chi connectivity index (χ3n) is 3.74. The maximum atomic E-state index is 12.0. The first-order valence-electron chi connectivity index (χ1n) is 7.18. The fraction of sp³-hybridized carbons (Fsp3) is 0.438. The first kappa shape index (κ1) is 16.0. The molecule has 1 unspecified atom stereocenters. The van der Waals surface area contributed by atoms with Crippen LogP contribution >= 0.6 is 0 Å². The molecule has 1 aromatic carbocycles. The molecule has 6 heteroatoms. The highest BCUT2D eigenvalue weighted by Crippen LogP contribution is 2.23. The number of carboxylic acids is 1. The van der Waals surface area contributed by atoms with E-state index in [1.165, 1.54) is 13.8 Å². The summed E-state index contributed by atoms with van der Waals surface area (Å²) in [5.41, 5.74) is -0.318. The minimum absolute atomic E-state index is 0.0472. The fourth-order valence-corrected chi connectivity index (χ4v) is 2.42. The Kier molecular flexibility index (Phi) is 4.49. The van der Waals surface area contributed by atoms with E-state index >= 15 is 0 Å². The molecule has 0 spiro atoms. The highest BCUT2D eigenvalue weighted by atomic mass is 16.4. The predicted octanol–water partition coefficient (Wildman–Crippen LogP) is 1.41. The maximum absolute atomic E-state index is 12.0. The lowest BCUT2D eigenvalue weighted by Gasteiger charge is -2.20. The van der Waals surface area contributed by atoms with E-state index in [1.807, 2.05) is 30.3 Å². The summed E-state index contributed by atoms with van der Waals surface area (Å²) in [7, 11) is 0. The van der Waals surface area contributed by atoms with E-state index in [0.717, 1.165) is 5.69 Å². The van der Waals surface area contributed by atoms with E-state index in [-0.39, 0.29) is 30.7 Å². The van der Waals surface area contributed by atoms with Crippen molar-refractivity contribution < 1.29 is 19.5 Å². The first-order valence-corrected chi connectivity index (χ1v) is 7.18. The molecule has 1 aliphatic rings. The largest absolute Gasteiger partial charge is 0.481 e. The zero-order valence-electron chi connectivity index (χ0n) is 12.7. The topological polar surface area (TPSA) is 86.7 Å². The van der Waals surface area contributed by atoms with Crippen molar-refractivity contribution in [3.05, 3.63) is 30.3 Å². The van der Waals surface area contributed by atoms with Gasteiger partial charge in [-0.15, -0.1) is 0 Å². The lowest BCUT2D eigenvalue weighted by atomic mass is 9.89. The van der Waals surface area contributed by atoms with Crippen molar-refractivity contribution in [1.29, 1.82) is 0 Å². The molecule has 0 radical (unpaired) electrons. The Labute approximate surface area is 129 Å². The summed E-state index contributed by atoms with van der Waals surface area (Å²) < 4.78 is 0. The zero-order chi connectivity index (χ0) is 16.3. The Morgan fingerprint density at radius 3 is 2.55 bits per heavy atom. The van der Waals surface area contributed by atoms with Crippen molar-refractivity contribution in [2.24, 2.45) is 5.41 Å². The Hall–Kier alpha value is -2.37. The van der Waals surface area contributed by atoms with Gasteiger partial charge in [-0.2, -0.15) is 0 Å². The number of nitrogens with one attached hydrogen (secondary N) is 1. The van der Waals surface area contributed by atoms with E-state index in [4.69, 9.17) is 5.11 Å². The molecule has 22 heavy (non-hydrogen) atoms. The number of carboxylic acid groups (broad SMARTS) is 1. The second kappa shape index (κ2) is 6.17. The van der Waals surface area contributed by atoms with Gasteiger partial charge in [0.2, 0.25) is 11.8 Å². The van der Waals surface area contributed by atoms with E-state index in [0.29, 0.717) is 6.54 Å². The third kappa shape index (κ3) is 3.63. The van der Waals surface area contributed by atoms with Crippen LogP contribution in [0.3, 0.4) is 0 Å². The van der Waals surface area contributed by atoms with Crippen molar-refractivity contribution in [1.82, 2.24) is 5.32 Å². The van der Waals surface area contributed by atoms with Crippen molar-refractivity contribution in [2.75, 3.05) is 11.4 Å². The van der Waals surface area contributed by atoms with Gasteiger partial charge in [0.25, 0.3) is 0 Å². The number of nitrogens with zero attached hydrogens (tertiary/aromatic N) is 1. The molecule has 1 aromatic rings. The van der Waals surface area contributed by atoms with Crippen LogP contribution in [0.25, 0.3) is 0 Å². The van der Waals surface area contributed by atoms with E-state index in [1.54, 1.807) is 4.90 Å². The van der Waals surface area contributed by atoms with Crippen LogP contribution in [0.1, 0.15) is 26.7 Å². The molecular weight excluding hydrogens is 284 g/mol. The van der Waals surface area contributed by atoms with Gasteiger partial charge in [0.05, 0.1) is 11.5 Å². The highest BCUT2D eigenvalue weighted by molar-refractivity contribution is 5.97. The number of rotatable bonds is 5. The molecule has 0 saturated carbocycles. The van der Waals surface area contributed by atoms with Gasteiger partial charge in [-0.25, -0.2) is 0 Å². The Balaban J connectivity index is 1.94. The summed E-state index contributed by atoms with van der Waals surface area (Å²) in [6.07, 6.45) is 0.118. The first-order chi connectivity index (χ1) is 10.3. The molecule has 0 aromatic heterocycles. The minimum atomic E-state index is -1.12. The number of benzene rings is 1. The molecule has 0 bridgehead atoms. The number of anilines is 1. The van der Waals surface area contributed by atoms with Crippen LogP contribution < -0.4 is 10.2 Å². The van der Waals surface area contributed by atoms with E-state index in [9.17, 15) is 14.4 Å². The number of amides is 2. The molecular formula is C16H20N2O4. The Morgan fingerprint density at radius 2 is 1.95 bits per heavy atom. The van der Waals surface area contributed by atoms with Crippen LogP contribution in [0, 0.1) is 5.41 Å². The number of aliphatic carboxylic acids is 1. The quantitative estimate of drug-likeness (QED) is 0.861. The number of hydrogen-bond acceptors (Lipinski definition) is 3. The fourth-order valence-electron chi connectivity index (χ4n) is 2.42. The van der Waals surface area contributed by atoms with Crippen molar-refractivity contribution in [3.63, 3.8) is 0 Å². The summed E-state index contributed by atoms with van der Waals surface area (Å²) in [5, 5.41) is 11.8. The van der Waals surface area contributed by atoms with Crippen molar-refractivity contribution >= 4 is 23.5 Å². The lowest BCUT2D eigenvalue weighted by molar-refractivity contribution is -0.149. The second-order valence-electron chi connectivity index (χ2n) is 6.17. The predicted molar refractivity (Wildman–Crippen MR) is 81.4 cm³/mol. The van der Waals surface area contributed by atoms with Crippen LogP contribution in [0.15, 0.2) is 30.3 Å². The number of carbonyl (C=O) groups excluding carboxylic acids is 2. The van der Waals surface area contributed by atoms with E-state index in [2.05, 4.69) is 5.32 Å². The standard InChI is InChI=1S/C16H20N2O4/c1-16(2,15(21)22)9-13(19)17-11-8-14(20)18(10-11)12-6-4-3-5-7-12/h3-7,11H,8-10H2,1-2H3,(H,17,19)(H,21,22). The van der Waals surface area contributed by atoms with Gasteiger partial charge in [-0.05, 0) is 26.0 Å². The second-order valence-corrected chi connectivity index (χ2v) is 6.17. The molecule has 2 rings (SSSR count). The monoisotopic (exact) mass is 304 g/mol. The summed E-state index contributed by atoms with van der Waals surface area (Å²) in [5.74, 6) is -1.41. The van der Waals surface area contributed by atoms with Gasteiger partial charge in [0, 0.05) is 25.1 Å². The molecule has 6 nitrogen and oxygen atoms in total. The van der Waals surface area contributed by atoms with Crippen LogP contribution in [0.4, 0.5) is 5.69 Å². The molecule has 0 aliphatic carbocycles. The smallest absolute Gasteiger partial charge is 0.309 e. The van der Waals surface area contributed by atoms with Crippen molar-refractivity contribution in [3.8, 4) is 0 Å². The number of carbonyl (C=O) groups is 3. The average molecular weight is 304 g/mol. The average Bonchev–Trinajstić information content (AvgIpc) is 2.79. The molecule has 1 aliphatic heterocycles. The summed E-state index contributed by atoms with van der Waals surface area (Å²) in [6, 6.07) is 8.97. The third-order valence-corrected chi connectivity index (χ3v) is 3.74. The van der Waals surface area contributed by atoms with Crippen LogP contribution in [0.2, 0.25) is 0 Å². The van der Waals surface area contributed by atoms with Gasteiger partial charge in [-0.3, -0.25) is 14.4 Å². The summed E-state index contributed by atoms with van der Waals surface area (Å²) in [6.45, 7) is 3.41. The van der Waals surface area contributed by atoms with Crippen LogP contribution in [-0.4, -0.2) is 35.5 Å². The molecule has 1 fully saturated rings. The molecule has 1 atom stereocenters. The Bertz CT molecular complexity index is 583. The summed E-state index contributed by atoms with van der Waals surface area (Å²) in [4.78, 5) is 36.7. The number of para-hydroxylation sites is 1. The molecule has 1 heterocycles. The van der Waals surface area contributed by atoms with E-state index < -0.39 is 11.4 Å². The van der Waals surface area contributed by atoms with Crippen LogP contribution in [-0.2, 0) is 14.4 Å². The van der Waals surface area contributed by atoms with Crippen molar-refractivity contribution in [2.45, 2.75) is 32.7 Å². The lowest BCUT2D eigenvalue weighted by Crippen LogP contribution is -2.40. The number of hydrogen-bond donors (Lipinski definition) is 2. The zero-order valence-corrected chi connectivity index (χ0v) is 12.7. The minimum Gasteiger partial charge on any atom is -0.481 e. The molecule has 1 saturated heterocycles. The molecule has 2 N–H and O–H groups in total. The van der Waals surface area contributed by atoms with Gasteiger partial charge in [0.1, 0.15) is 0 Å². The highest BCUT2D eigenvalue weighted by Gasteiger charge is 2.34.